The van der Waals surface area contributed by atoms with Gasteiger partial charge in [0, 0.05) is 4.47 Å². The molecule has 0 heterocycles. The molecule has 2 rings (SSSR count). The van der Waals surface area contributed by atoms with Crippen LogP contribution in [0.15, 0.2) is 46.9 Å². The molecule has 0 aliphatic carbocycles. The van der Waals surface area contributed by atoms with Crippen LogP contribution in [0, 0.1) is 0 Å². The first-order valence-corrected chi connectivity index (χ1v) is 7.12. The monoisotopic (exact) mass is 362 g/mol. The van der Waals surface area contributed by atoms with Crippen LogP contribution < -0.4 is 9.31 Å². The van der Waals surface area contributed by atoms with Gasteiger partial charge < -0.3 is 14.0 Å². The molecule has 0 fully saturated rings. The van der Waals surface area contributed by atoms with E-state index in [1.165, 1.54) is 7.11 Å². The third kappa shape index (κ3) is 4.11. The number of hydrogen-bond donors (Lipinski definition) is 0. The summed E-state index contributed by atoms with van der Waals surface area (Å²) in [5.41, 5.74) is 0.804. The SMILES string of the molecule is COC(=O)c1cccc(OBOc2ccc(Br)cc2C=O)c1. The Labute approximate surface area is 136 Å². The van der Waals surface area contributed by atoms with E-state index in [9.17, 15) is 9.59 Å². The Hall–Kier alpha value is -2.28. The Balaban J connectivity index is 1.99. The third-order valence-electron chi connectivity index (χ3n) is 2.79. The lowest BCUT2D eigenvalue weighted by atomic mass is 10.2. The normalized spacial score (nSPS) is 9.73. The van der Waals surface area contributed by atoms with Gasteiger partial charge in [-0.05, 0) is 36.4 Å². The smallest absolute Gasteiger partial charge is 0.528 e. The fourth-order valence-electron chi connectivity index (χ4n) is 1.73. The van der Waals surface area contributed by atoms with Crippen LogP contribution in [-0.4, -0.2) is 27.1 Å². The Kier molecular flexibility index (Phi) is 5.60. The summed E-state index contributed by atoms with van der Waals surface area (Å²) in [5.74, 6) is 0.442. The lowest BCUT2D eigenvalue weighted by Crippen LogP contribution is -2.12. The van der Waals surface area contributed by atoms with E-state index in [1.807, 2.05) is 0 Å². The molecule has 0 radical (unpaired) electrons. The van der Waals surface area contributed by atoms with E-state index >= 15 is 0 Å². The van der Waals surface area contributed by atoms with Crippen molar-refractivity contribution in [3.8, 4) is 11.5 Å². The number of carbonyl (C=O) groups excluding carboxylic acids is 2. The van der Waals surface area contributed by atoms with Crippen molar-refractivity contribution in [3.05, 3.63) is 58.1 Å². The maximum atomic E-state index is 11.4. The first kappa shape index (κ1) is 16.1. The number of aldehydes is 1. The molecule has 112 valence electrons. The first-order valence-electron chi connectivity index (χ1n) is 6.32. The molecule has 5 nitrogen and oxygen atoms in total. The summed E-state index contributed by atoms with van der Waals surface area (Å²) in [6.07, 6.45) is 0.706. The van der Waals surface area contributed by atoms with Crippen molar-refractivity contribution in [1.29, 1.82) is 0 Å². The van der Waals surface area contributed by atoms with Crippen LogP contribution in [0.3, 0.4) is 0 Å². The molecule has 0 saturated carbocycles. The average molecular weight is 363 g/mol. The molecular weight excluding hydrogens is 351 g/mol. The first-order chi connectivity index (χ1) is 10.6. The molecule has 0 atom stereocenters. The molecule has 2 aromatic rings. The van der Waals surface area contributed by atoms with Crippen molar-refractivity contribution in [2.45, 2.75) is 0 Å². The number of rotatable bonds is 6. The molecule has 2 aromatic carbocycles. The van der Waals surface area contributed by atoms with E-state index in [1.54, 1.807) is 42.5 Å². The zero-order valence-electron chi connectivity index (χ0n) is 11.7. The second-order valence-corrected chi connectivity index (χ2v) is 5.14. The summed E-state index contributed by atoms with van der Waals surface area (Å²) in [5, 5.41) is 0. The quantitative estimate of drug-likeness (QED) is 0.449. The van der Waals surface area contributed by atoms with E-state index in [0.29, 0.717) is 28.9 Å². The zero-order valence-corrected chi connectivity index (χ0v) is 13.3. The fraction of sp³-hybridized carbons (Fsp3) is 0.0667. The minimum absolute atomic E-state index is 0.0902. The van der Waals surface area contributed by atoms with Crippen molar-refractivity contribution in [2.24, 2.45) is 0 Å². The summed E-state index contributed by atoms with van der Waals surface area (Å²) in [6.45, 7) is 0. The van der Waals surface area contributed by atoms with Gasteiger partial charge in [-0.1, -0.05) is 22.0 Å². The fourth-order valence-corrected chi connectivity index (χ4v) is 2.11. The molecule has 0 aliphatic rings. The van der Waals surface area contributed by atoms with Crippen molar-refractivity contribution < 1.29 is 23.6 Å². The van der Waals surface area contributed by atoms with Crippen LogP contribution in [0.4, 0.5) is 0 Å². The van der Waals surface area contributed by atoms with Gasteiger partial charge in [-0.2, -0.15) is 0 Å². The summed E-state index contributed by atoms with van der Waals surface area (Å²) >= 11 is 3.28. The van der Waals surface area contributed by atoms with Crippen molar-refractivity contribution in [2.75, 3.05) is 7.11 Å². The molecule has 0 spiro atoms. The Bertz CT molecular complexity index is 689. The molecule has 7 heteroatoms. The predicted octanol–water partition coefficient (Wildman–Crippen LogP) is 2.77. The number of benzene rings is 2. The van der Waals surface area contributed by atoms with E-state index in [4.69, 9.17) is 9.31 Å². The van der Waals surface area contributed by atoms with Gasteiger partial charge in [0.15, 0.2) is 6.29 Å². The molecule has 0 saturated heterocycles. The number of ether oxygens (including phenoxy) is 1. The van der Waals surface area contributed by atoms with Crippen LogP contribution >= 0.6 is 15.9 Å². The molecule has 22 heavy (non-hydrogen) atoms. The third-order valence-corrected chi connectivity index (χ3v) is 3.29. The highest BCUT2D eigenvalue weighted by Crippen LogP contribution is 2.21. The van der Waals surface area contributed by atoms with Gasteiger partial charge in [-0.15, -0.1) is 0 Å². The minimum Gasteiger partial charge on any atom is -0.528 e. The van der Waals surface area contributed by atoms with Gasteiger partial charge in [0.2, 0.25) is 0 Å². The van der Waals surface area contributed by atoms with Crippen molar-refractivity contribution in [3.63, 3.8) is 0 Å². The maximum Gasteiger partial charge on any atom is 0.576 e. The average Bonchev–Trinajstić information content (AvgIpc) is 2.55. The number of carbonyl (C=O) groups is 2. The van der Waals surface area contributed by atoms with Crippen molar-refractivity contribution >= 4 is 35.9 Å². The van der Waals surface area contributed by atoms with Gasteiger partial charge in [0.05, 0.1) is 18.2 Å². The molecule has 0 amide bonds. The highest BCUT2D eigenvalue weighted by atomic mass is 79.9. The lowest BCUT2D eigenvalue weighted by Gasteiger charge is -2.10. The van der Waals surface area contributed by atoms with Crippen LogP contribution in [-0.2, 0) is 4.74 Å². The van der Waals surface area contributed by atoms with Gasteiger partial charge in [-0.25, -0.2) is 4.79 Å². The largest absolute Gasteiger partial charge is 0.576 e. The predicted molar refractivity (Wildman–Crippen MR) is 85.7 cm³/mol. The van der Waals surface area contributed by atoms with Crippen molar-refractivity contribution in [1.82, 2.24) is 0 Å². The summed E-state index contributed by atoms with van der Waals surface area (Å²) in [7, 11) is 1.22. The second-order valence-electron chi connectivity index (χ2n) is 4.23. The maximum absolute atomic E-state index is 11.4. The molecule has 0 aromatic heterocycles. The van der Waals surface area contributed by atoms with Crippen LogP contribution in [0.5, 0.6) is 11.5 Å². The van der Waals surface area contributed by atoms with E-state index in [-0.39, 0.29) is 7.69 Å². The van der Waals surface area contributed by atoms with Gasteiger partial charge in [0.25, 0.3) is 0 Å². The standard InChI is InChI=1S/C15H12BBrO5/c1-20-15(19)10-3-2-4-13(8-10)21-16-22-14-6-5-12(17)7-11(14)9-18/h2-9,16H,1H3. The summed E-state index contributed by atoms with van der Waals surface area (Å²) in [4.78, 5) is 22.4. The lowest BCUT2D eigenvalue weighted by molar-refractivity contribution is 0.0600. The molecule has 0 unspecified atom stereocenters. The Morgan fingerprint density at radius 1 is 1.18 bits per heavy atom. The summed E-state index contributed by atoms with van der Waals surface area (Å²) in [6, 6.07) is 11.6. The topological polar surface area (TPSA) is 61.8 Å². The van der Waals surface area contributed by atoms with Gasteiger partial charge in [0.1, 0.15) is 11.5 Å². The Morgan fingerprint density at radius 3 is 2.73 bits per heavy atom. The highest BCUT2D eigenvalue weighted by Gasteiger charge is 2.08. The second kappa shape index (κ2) is 7.65. The van der Waals surface area contributed by atoms with E-state index < -0.39 is 5.97 Å². The molecule has 0 aliphatic heterocycles. The number of methoxy groups -OCH3 is 1. The van der Waals surface area contributed by atoms with Crippen LogP contribution in [0.25, 0.3) is 0 Å². The number of hydrogen-bond acceptors (Lipinski definition) is 5. The number of esters is 1. The Morgan fingerprint density at radius 2 is 2.00 bits per heavy atom. The highest BCUT2D eigenvalue weighted by molar-refractivity contribution is 9.10. The zero-order chi connectivity index (χ0) is 15.9. The van der Waals surface area contributed by atoms with Gasteiger partial charge >= 0.3 is 13.7 Å². The van der Waals surface area contributed by atoms with Crippen LogP contribution in [0.2, 0.25) is 0 Å². The molecular formula is C15H12BBrO5. The molecule has 0 bridgehead atoms. The number of halogens is 1. The van der Waals surface area contributed by atoms with E-state index in [2.05, 4.69) is 20.7 Å². The summed E-state index contributed by atoms with van der Waals surface area (Å²) < 4.78 is 16.3. The molecule has 0 N–H and O–H groups in total. The minimum atomic E-state index is -0.442. The van der Waals surface area contributed by atoms with Crippen LogP contribution in [0.1, 0.15) is 20.7 Å². The van der Waals surface area contributed by atoms with E-state index in [0.717, 1.165) is 4.47 Å². The van der Waals surface area contributed by atoms with Gasteiger partial charge in [-0.3, -0.25) is 4.79 Å².